The van der Waals surface area contributed by atoms with Gasteiger partial charge in [-0.15, -0.1) is 0 Å². The molecule has 3 amide bonds. The molecule has 0 saturated carbocycles. The zero-order valence-corrected chi connectivity index (χ0v) is 22.4. The van der Waals surface area contributed by atoms with Gasteiger partial charge in [0.2, 0.25) is 11.8 Å². The molecule has 3 rings (SSSR count). The molecule has 8 nitrogen and oxygen atoms in total. The van der Waals surface area contributed by atoms with E-state index in [1.807, 2.05) is 0 Å². The number of nitrogens with zero attached hydrogens (tertiary/aromatic N) is 1. The second-order valence-corrected chi connectivity index (χ2v) is 9.92. The van der Waals surface area contributed by atoms with Crippen molar-refractivity contribution in [2.45, 2.75) is 52.0 Å². The lowest BCUT2D eigenvalue weighted by Crippen LogP contribution is -2.55. The van der Waals surface area contributed by atoms with Crippen molar-refractivity contribution in [3.05, 3.63) is 63.6 Å². The van der Waals surface area contributed by atoms with Crippen molar-refractivity contribution in [1.82, 2.24) is 10.2 Å². The SMILES string of the molecule is CCC(CC)(C(=O)NC(Cc1ccc(NC(=O)c2c(Cl)cccc2Cl)cc1)C(=O)O)C(=O)N1CCCC1. The lowest BCUT2D eigenvalue weighted by Gasteiger charge is -2.34. The Hall–Kier alpha value is -3.10. The van der Waals surface area contributed by atoms with Crippen LogP contribution in [0, 0.1) is 5.41 Å². The zero-order valence-electron chi connectivity index (χ0n) is 20.9. The molecule has 3 N–H and O–H groups in total. The molecular weight excluding hydrogens is 517 g/mol. The lowest BCUT2D eigenvalue weighted by molar-refractivity contribution is -0.153. The van der Waals surface area contributed by atoms with E-state index in [9.17, 15) is 24.3 Å². The summed E-state index contributed by atoms with van der Waals surface area (Å²) in [5.74, 6) is -2.48. The van der Waals surface area contributed by atoms with Gasteiger partial charge in [-0.3, -0.25) is 14.4 Å². The van der Waals surface area contributed by atoms with Gasteiger partial charge in [0, 0.05) is 25.2 Å². The number of amides is 3. The molecule has 1 aliphatic rings. The van der Waals surface area contributed by atoms with Crippen molar-refractivity contribution in [1.29, 1.82) is 0 Å². The standard InChI is InChI=1S/C27H31Cl2N3O5/c1-3-27(4-2,26(37)32-14-5-6-15-32)25(36)31-21(24(34)35)16-17-10-12-18(13-11-17)30-23(33)22-19(28)8-7-9-20(22)29/h7-13,21H,3-6,14-16H2,1-2H3,(H,30,33)(H,31,36)(H,34,35). The third-order valence-electron chi connectivity index (χ3n) is 6.89. The van der Waals surface area contributed by atoms with E-state index in [-0.39, 0.29) is 40.8 Å². The fraction of sp³-hybridized carbons (Fsp3) is 0.407. The molecular formula is C27H31Cl2N3O5. The van der Waals surface area contributed by atoms with Gasteiger partial charge in [0.15, 0.2) is 0 Å². The lowest BCUT2D eigenvalue weighted by atomic mass is 9.79. The summed E-state index contributed by atoms with van der Waals surface area (Å²) in [4.78, 5) is 52.8. The van der Waals surface area contributed by atoms with Crippen LogP contribution in [-0.2, 0) is 20.8 Å². The van der Waals surface area contributed by atoms with Crippen molar-refractivity contribution in [3.63, 3.8) is 0 Å². The number of anilines is 1. The topological polar surface area (TPSA) is 116 Å². The Bertz CT molecular complexity index is 1140. The minimum absolute atomic E-state index is 0.00700. The number of likely N-dealkylation sites (tertiary alicyclic amines) is 1. The first kappa shape index (κ1) is 28.5. The van der Waals surface area contributed by atoms with Crippen LogP contribution in [0.3, 0.4) is 0 Å². The van der Waals surface area contributed by atoms with Gasteiger partial charge in [0.05, 0.1) is 15.6 Å². The number of carboxylic acids is 1. The number of nitrogens with one attached hydrogen (secondary N) is 2. The van der Waals surface area contributed by atoms with Crippen molar-refractivity contribution in [2.75, 3.05) is 18.4 Å². The van der Waals surface area contributed by atoms with E-state index >= 15 is 0 Å². The average molecular weight is 548 g/mol. The molecule has 10 heteroatoms. The molecule has 0 radical (unpaired) electrons. The molecule has 2 aromatic rings. The molecule has 0 aliphatic carbocycles. The first-order valence-corrected chi connectivity index (χ1v) is 13.1. The number of carbonyl (C=O) groups excluding carboxylic acids is 3. The van der Waals surface area contributed by atoms with Crippen LogP contribution in [0.25, 0.3) is 0 Å². The molecule has 1 atom stereocenters. The van der Waals surface area contributed by atoms with Gasteiger partial charge in [-0.25, -0.2) is 4.79 Å². The van der Waals surface area contributed by atoms with E-state index in [1.165, 1.54) is 0 Å². The molecule has 0 spiro atoms. The van der Waals surface area contributed by atoms with Gasteiger partial charge in [0.1, 0.15) is 11.5 Å². The maximum absolute atomic E-state index is 13.3. The van der Waals surface area contributed by atoms with Crippen LogP contribution in [0.4, 0.5) is 5.69 Å². The Kier molecular flexibility index (Phi) is 9.56. The Morgan fingerprint density at radius 3 is 2.05 bits per heavy atom. The number of rotatable bonds is 10. The molecule has 1 heterocycles. The van der Waals surface area contributed by atoms with Gasteiger partial charge < -0.3 is 20.6 Å². The summed E-state index contributed by atoms with van der Waals surface area (Å²) in [5, 5.41) is 15.6. The zero-order chi connectivity index (χ0) is 27.2. The van der Waals surface area contributed by atoms with E-state index in [4.69, 9.17) is 23.2 Å². The number of carbonyl (C=O) groups is 4. The monoisotopic (exact) mass is 547 g/mol. The fourth-order valence-corrected chi connectivity index (χ4v) is 5.13. The van der Waals surface area contributed by atoms with Gasteiger partial charge in [-0.05, 0) is 55.5 Å². The summed E-state index contributed by atoms with van der Waals surface area (Å²) >= 11 is 12.2. The third-order valence-corrected chi connectivity index (χ3v) is 7.52. The van der Waals surface area contributed by atoms with Crippen molar-refractivity contribution >= 4 is 52.6 Å². The number of hydrogen-bond donors (Lipinski definition) is 3. The number of hydrogen-bond acceptors (Lipinski definition) is 4. The second-order valence-electron chi connectivity index (χ2n) is 9.10. The van der Waals surface area contributed by atoms with Crippen LogP contribution in [0.5, 0.6) is 0 Å². The van der Waals surface area contributed by atoms with E-state index in [1.54, 1.807) is 61.2 Å². The smallest absolute Gasteiger partial charge is 0.326 e. The summed E-state index contributed by atoms with van der Waals surface area (Å²) in [7, 11) is 0. The Morgan fingerprint density at radius 1 is 0.973 bits per heavy atom. The number of aliphatic carboxylic acids is 1. The number of carboxylic acid groups (broad SMARTS) is 1. The average Bonchev–Trinajstić information content (AvgIpc) is 3.40. The maximum Gasteiger partial charge on any atom is 0.326 e. The molecule has 2 aromatic carbocycles. The highest BCUT2D eigenvalue weighted by Gasteiger charge is 2.46. The van der Waals surface area contributed by atoms with E-state index in [0.29, 0.717) is 24.3 Å². The first-order chi connectivity index (χ1) is 17.6. The Morgan fingerprint density at radius 2 is 1.54 bits per heavy atom. The van der Waals surface area contributed by atoms with Gasteiger partial charge in [0.25, 0.3) is 5.91 Å². The van der Waals surface area contributed by atoms with Crippen LogP contribution >= 0.6 is 23.2 Å². The predicted molar refractivity (Wildman–Crippen MR) is 143 cm³/mol. The predicted octanol–water partition coefficient (Wildman–Crippen LogP) is 4.79. The van der Waals surface area contributed by atoms with Gasteiger partial charge in [-0.1, -0.05) is 55.2 Å². The highest BCUT2D eigenvalue weighted by Crippen LogP contribution is 2.31. The molecule has 198 valence electrons. The van der Waals surface area contributed by atoms with Crippen molar-refractivity contribution in [2.24, 2.45) is 5.41 Å². The highest BCUT2D eigenvalue weighted by atomic mass is 35.5. The second kappa shape index (κ2) is 12.4. The number of halogens is 2. The van der Waals surface area contributed by atoms with Crippen LogP contribution in [0.1, 0.15) is 55.5 Å². The Labute approximate surface area is 226 Å². The van der Waals surface area contributed by atoms with Crippen molar-refractivity contribution < 1.29 is 24.3 Å². The third kappa shape index (κ3) is 6.43. The summed E-state index contributed by atoms with van der Waals surface area (Å²) in [5.41, 5.74) is -0.0484. The summed E-state index contributed by atoms with van der Waals surface area (Å²) < 4.78 is 0. The Balaban J connectivity index is 1.70. The van der Waals surface area contributed by atoms with E-state index in [2.05, 4.69) is 10.6 Å². The molecule has 37 heavy (non-hydrogen) atoms. The van der Waals surface area contributed by atoms with E-state index < -0.39 is 29.2 Å². The molecule has 1 saturated heterocycles. The summed E-state index contributed by atoms with van der Waals surface area (Å²) in [6, 6.07) is 10.1. The molecule has 0 bridgehead atoms. The minimum atomic E-state index is -1.30. The highest BCUT2D eigenvalue weighted by molar-refractivity contribution is 6.40. The fourth-order valence-electron chi connectivity index (χ4n) is 4.56. The molecule has 1 fully saturated rings. The van der Waals surface area contributed by atoms with Crippen LogP contribution < -0.4 is 10.6 Å². The van der Waals surface area contributed by atoms with Crippen LogP contribution in [0.15, 0.2) is 42.5 Å². The minimum Gasteiger partial charge on any atom is -0.480 e. The molecule has 1 unspecified atom stereocenters. The largest absolute Gasteiger partial charge is 0.480 e. The normalized spacial score (nSPS) is 14.2. The number of benzene rings is 2. The van der Waals surface area contributed by atoms with Crippen molar-refractivity contribution in [3.8, 4) is 0 Å². The quantitative estimate of drug-likeness (QED) is 0.370. The molecule has 1 aliphatic heterocycles. The molecule has 0 aromatic heterocycles. The van der Waals surface area contributed by atoms with Crippen LogP contribution in [0.2, 0.25) is 10.0 Å². The van der Waals surface area contributed by atoms with Crippen LogP contribution in [-0.4, -0.2) is 52.8 Å². The first-order valence-electron chi connectivity index (χ1n) is 12.3. The summed E-state index contributed by atoms with van der Waals surface area (Å²) in [6.45, 7) is 4.77. The van der Waals surface area contributed by atoms with Gasteiger partial charge in [-0.2, -0.15) is 0 Å². The van der Waals surface area contributed by atoms with Gasteiger partial charge >= 0.3 is 5.97 Å². The van der Waals surface area contributed by atoms with E-state index in [0.717, 1.165) is 12.8 Å². The summed E-state index contributed by atoms with van der Waals surface area (Å²) in [6.07, 6.45) is 2.36. The maximum atomic E-state index is 13.3.